The van der Waals surface area contributed by atoms with Gasteiger partial charge in [-0.1, -0.05) is 55.3 Å². The van der Waals surface area contributed by atoms with Crippen molar-refractivity contribution in [3.8, 4) is 0 Å². The molecule has 2 aromatic carbocycles. The predicted octanol–water partition coefficient (Wildman–Crippen LogP) is 4.43. The molecule has 0 bridgehead atoms. The zero-order valence-electron chi connectivity index (χ0n) is 12.3. The van der Waals surface area contributed by atoms with E-state index >= 15 is 0 Å². The third-order valence-electron chi connectivity index (χ3n) is 3.83. The van der Waals surface area contributed by atoms with Crippen molar-refractivity contribution in [1.29, 1.82) is 0 Å². The maximum Gasteiger partial charge on any atom is 0.245 e. The molecule has 1 aromatic heterocycles. The Morgan fingerprint density at radius 2 is 1.81 bits per heavy atom. The number of unbranched alkanes of at least 4 members (excludes halogenated alkanes) is 1. The second-order valence-electron chi connectivity index (χ2n) is 5.37. The third kappa shape index (κ3) is 2.96. The quantitative estimate of drug-likeness (QED) is 0.616. The molecule has 0 saturated carbocycles. The van der Waals surface area contributed by atoms with Gasteiger partial charge in [0.05, 0.1) is 6.54 Å². The van der Waals surface area contributed by atoms with Gasteiger partial charge in [0.15, 0.2) is 11.0 Å². The first-order chi connectivity index (χ1) is 10.3. The Morgan fingerprint density at radius 1 is 1.05 bits per heavy atom. The maximum atomic E-state index is 6.30. The van der Waals surface area contributed by atoms with Gasteiger partial charge in [-0.3, -0.25) is 0 Å². The fourth-order valence-corrected chi connectivity index (χ4v) is 2.88. The molecule has 0 spiro atoms. The highest BCUT2D eigenvalue weighted by molar-refractivity contribution is 6.31. The summed E-state index contributed by atoms with van der Waals surface area (Å²) in [6, 6.07) is 16.6. The number of benzene rings is 2. The molecule has 0 unspecified atom stereocenters. The minimum atomic E-state index is 0.805. The smallest absolute Gasteiger partial charge is 0.230 e. The fourth-order valence-electron chi connectivity index (χ4n) is 2.69. The van der Waals surface area contributed by atoms with Gasteiger partial charge >= 0.3 is 0 Å². The molecule has 0 aliphatic carbocycles. The van der Waals surface area contributed by atoms with Crippen LogP contribution in [0.3, 0.4) is 0 Å². The summed E-state index contributed by atoms with van der Waals surface area (Å²) in [6.45, 7) is 4.09. The lowest BCUT2D eigenvalue weighted by Gasteiger charge is -2.01. The van der Waals surface area contributed by atoms with E-state index in [4.69, 9.17) is 11.6 Å². The Hall–Kier alpha value is -1.80. The van der Waals surface area contributed by atoms with E-state index in [-0.39, 0.29) is 0 Å². The summed E-state index contributed by atoms with van der Waals surface area (Å²) >= 11 is 6.30. The SMILES string of the molecule is CCCCn1c[n+](Cc2ccccc2Cl)c2ccccc21. The number of nitrogens with zero attached hydrogens (tertiary/aromatic N) is 2. The van der Waals surface area contributed by atoms with Gasteiger partial charge in [0.25, 0.3) is 0 Å². The van der Waals surface area contributed by atoms with Crippen LogP contribution in [0.2, 0.25) is 5.02 Å². The molecular weight excluding hydrogens is 280 g/mol. The summed E-state index contributed by atoms with van der Waals surface area (Å²) < 4.78 is 4.63. The van der Waals surface area contributed by atoms with Gasteiger partial charge in [-0.15, -0.1) is 0 Å². The molecule has 0 fully saturated rings. The molecule has 3 aromatic rings. The van der Waals surface area contributed by atoms with Gasteiger partial charge in [0, 0.05) is 10.6 Å². The molecule has 3 rings (SSSR count). The first-order valence-electron chi connectivity index (χ1n) is 7.50. The molecule has 108 valence electrons. The van der Waals surface area contributed by atoms with Crippen molar-refractivity contribution in [3.63, 3.8) is 0 Å². The van der Waals surface area contributed by atoms with Crippen molar-refractivity contribution in [2.75, 3.05) is 0 Å². The predicted molar refractivity (Wildman–Crippen MR) is 87.6 cm³/mol. The number of halogens is 1. The Bertz CT molecular complexity index is 746. The zero-order chi connectivity index (χ0) is 14.7. The molecule has 0 aliphatic heterocycles. The molecule has 0 N–H and O–H groups in total. The normalized spacial score (nSPS) is 11.1. The summed E-state index contributed by atoms with van der Waals surface area (Å²) in [5, 5.41) is 0.829. The molecule has 0 radical (unpaired) electrons. The van der Waals surface area contributed by atoms with E-state index in [0.29, 0.717) is 0 Å². The van der Waals surface area contributed by atoms with Gasteiger partial charge in [-0.2, -0.15) is 0 Å². The number of aromatic nitrogens is 2. The Labute approximate surface area is 130 Å². The summed E-state index contributed by atoms with van der Waals surface area (Å²) in [5.41, 5.74) is 3.70. The number of aryl methyl sites for hydroxylation is 1. The van der Waals surface area contributed by atoms with E-state index < -0.39 is 0 Å². The van der Waals surface area contributed by atoms with E-state index in [9.17, 15) is 0 Å². The van der Waals surface area contributed by atoms with Crippen LogP contribution in [-0.2, 0) is 13.1 Å². The van der Waals surface area contributed by atoms with Crippen molar-refractivity contribution < 1.29 is 4.57 Å². The summed E-state index contributed by atoms with van der Waals surface area (Å²) in [5.74, 6) is 0. The van der Waals surface area contributed by atoms with Gasteiger partial charge in [0.2, 0.25) is 6.33 Å². The van der Waals surface area contributed by atoms with Crippen LogP contribution in [-0.4, -0.2) is 4.57 Å². The summed E-state index contributed by atoms with van der Waals surface area (Å²) in [7, 11) is 0. The van der Waals surface area contributed by atoms with E-state index in [1.54, 1.807) is 0 Å². The van der Waals surface area contributed by atoms with Crippen molar-refractivity contribution in [2.45, 2.75) is 32.9 Å². The number of rotatable bonds is 5. The number of hydrogen-bond donors (Lipinski definition) is 0. The second kappa shape index (κ2) is 6.31. The number of fused-ring (bicyclic) bond motifs is 1. The average Bonchev–Trinajstić information content (AvgIpc) is 2.86. The van der Waals surface area contributed by atoms with Crippen LogP contribution in [0.1, 0.15) is 25.3 Å². The highest BCUT2D eigenvalue weighted by atomic mass is 35.5. The van der Waals surface area contributed by atoms with Crippen molar-refractivity contribution in [1.82, 2.24) is 4.57 Å². The summed E-state index contributed by atoms with van der Waals surface area (Å²) in [4.78, 5) is 0. The highest BCUT2D eigenvalue weighted by Crippen LogP contribution is 2.17. The monoisotopic (exact) mass is 299 g/mol. The first kappa shape index (κ1) is 14.2. The summed E-state index contributed by atoms with van der Waals surface area (Å²) in [6.07, 6.45) is 4.62. The van der Waals surface area contributed by atoms with E-state index in [1.807, 2.05) is 18.2 Å². The standard InChI is InChI=1S/C18H20ClN2/c1-2-3-12-20-14-21(18-11-7-6-10-17(18)20)13-15-8-4-5-9-16(15)19/h4-11,14H,2-3,12-13H2,1H3/q+1. The van der Waals surface area contributed by atoms with Crippen molar-refractivity contribution >= 4 is 22.6 Å². The van der Waals surface area contributed by atoms with Gasteiger partial charge in [-0.25, -0.2) is 9.13 Å². The van der Waals surface area contributed by atoms with Crippen molar-refractivity contribution in [2.24, 2.45) is 0 Å². The van der Waals surface area contributed by atoms with Crippen LogP contribution in [0.5, 0.6) is 0 Å². The fraction of sp³-hybridized carbons (Fsp3) is 0.278. The minimum Gasteiger partial charge on any atom is -0.230 e. The van der Waals surface area contributed by atoms with Gasteiger partial charge in [0.1, 0.15) is 6.54 Å². The molecule has 0 saturated heterocycles. The molecule has 21 heavy (non-hydrogen) atoms. The topological polar surface area (TPSA) is 8.81 Å². The lowest BCUT2D eigenvalue weighted by Crippen LogP contribution is -2.33. The minimum absolute atomic E-state index is 0.805. The third-order valence-corrected chi connectivity index (χ3v) is 4.20. The zero-order valence-corrected chi connectivity index (χ0v) is 13.1. The molecule has 0 atom stereocenters. The van der Waals surface area contributed by atoms with Gasteiger partial charge in [-0.05, 0) is 24.6 Å². The highest BCUT2D eigenvalue weighted by Gasteiger charge is 2.15. The van der Waals surface area contributed by atoms with E-state index in [2.05, 4.69) is 52.7 Å². The molecular formula is C18H20ClN2+. The molecule has 3 heteroatoms. The van der Waals surface area contributed by atoms with Gasteiger partial charge < -0.3 is 0 Å². The Balaban J connectivity index is 2.00. The van der Waals surface area contributed by atoms with Crippen LogP contribution in [0.4, 0.5) is 0 Å². The average molecular weight is 300 g/mol. The van der Waals surface area contributed by atoms with Crippen LogP contribution in [0.15, 0.2) is 54.9 Å². The number of para-hydroxylation sites is 2. The molecule has 1 heterocycles. The van der Waals surface area contributed by atoms with Crippen LogP contribution in [0.25, 0.3) is 11.0 Å². The van der Waals surface area contributed by atoms with Crippen molar-refractivity contribution in [3.05, 3.63) is 65.4 Å². The lowest BCUT2D eigenvalue weighted by atomic mass is 10.2. The van der Waals surface area contributed by atoms with E-state index in [1.165, 1.54) is 23.9 Å². The van der Waals surface area contributed by atoms with Crippen LogP contribution >= 0.6 is 11.6 Å². The lowest BCUT2D eigenvalue weighted by molar-refractivity contribution is -0.663. The molecule has 0 aliphatic rings. The second-order valence-corrected chi connectivity index (χ2v) is 5.78. The molecule has 0 amide bonds. The van der Waals surface area contributed by atoms with Crippen LogP contribution in [0, 0.1) is 0 Å². The number of imidazole rings is 1. The molecule has 2 nitrogen and oxygen atoms in total. The maximum absolute atomic E-state index is 6.30. The largest absolute Gasteiger partial charge is 0.245 e. The number of hydrogen-bond acceptors (Lipinski definition) is 0. The van der Waals surface area contributed by atoms with E-state index in [0.717, 1.165) is 23.7 Å². The Kier molecular flexibility index (Phi) is 4.26. The van der Waals surface area contributed by atoms with Crippen LogP contribution < -0.4 is 4.57 Å². The first-order valence-corrected chi connectivity index (χ1v) is 7.88. The Morgan fingerprint density at radius 3 is 2.62 bits per heavy atom.